The molecule has 1 aliphatic heterocycles. The summed E-state index contributed by atoms with van der Waals surface area (Å²) in [4.78, 5) is 2.31. The quantitative estimate of drug-likeness (QED) is 0.762. The molecule has 0 aliphatic carbocycles. The molecule has 0 amide bonds. The average Bonchev–Trinajstić information content (AvgIpc) is 2.51. The van der Waals surface area contributed by atoms with Crippen molar-refractivity contribution in [2.45, 2.75) is 39.7 Å². The van der Waals surface area contributed by atoms with Crippen LogP contribution in [0.3, 0.4) is 0 Å². The third-order valence-corrected chi connectivity index (χ3v) is 5.21. The summed E-state index contributed by atoms with van der Waals surface area (Å²) in [7, 11) is -3.39. The summed E-state index contributed by atoms with van der Waals surface area (Å²) in [5, 5.41) is 0. The number of rotatable bonds is 5. The Bertz CT molecular complexity index is 392. The highest BCUT2D eigenvalue weighted by molar-refractivity contribution is 7.87. The molecule has 20 heavy (non-hydrogen) atoms. The lowest BCUT2D eigenvalue weighted by Gasteiger charge is -2.27. The van der Waals surface area contributed by atoms with E-state index in [2.05, 4.69) is 16.5 Å². The maximum Gasteiger partial charge on any atom is 0.279 e. The van der Waals surface area contributed by atoms with Crippen molar-refractivity contribution < 1.29 is 8.42 Å². The van der Waals surface area contributed by atoms with Crippen LogP contribution < -0.4 is 10.5 Å². The Kier molecular flexibility index (Phi) is 6.40. The minimum atomic E-state index is -3.39. The van der Waals surface area contributed by atoms with Crippen LogP contribution in [0.5, 0.6) is 0 Å². The normalized spacial score (nSPS) is 21.6. The molecule has 1 unspecified atom stereocenters. The summed E-state index contributed by atoms with van der Waals surface area (Å²) in [6.07, 6.45) is 0.863. The number of hydrogen-bond donors (Lipinski definition) is 2. The van der Waals surface area contributed by atoms with Gasteiger partial charge in [-0.3, -0.25) is 0 Å². The molecule has 0 aromatic carbocycles. The Balaban J connectivity index is 2.59. The Labute approximate surface area is 123 Å². The van der Waals surface area contributed by atoms with Gasteiger partial charge in [-0.2, -0.15) is 17.4 Å². The van der Waals surface area contributed by atoms with Crippen molar-refractivity contribution in [2.24, 2.45) is 11.7 Å². The van der Waals surface area contributed by atoms with E-state index in [0.29, 0.717) is 25.6 Å². The number of nitrogens with zero attached hydrogens (tertiary/aromatic N) is 2. The second-order valence-corrected chi connectivity index (χ2v) is 8.42. The van der Waals surface area contributed by atoms with Gasteiger partial charge in [-0.1, -0.05) is 6.92 Å². The first-order valence-electron chi connectivity index (χ1n) is 7.35. The molecule has 1 rings (SSSR count). The molecule has 1 fully saturated rings. The second kappa shape index (κ2) is 7.17. The first-order chi connectivity index (χ1) is 9.14. The molecule has 7 heteroatoms. The van der Waals surface area contributed by atoms with Crippen LogP contribution in [0.1, 0.15) is 34.1 Å². The molecule has 3 N–H and O–H groups in total. The lowest BCUT2D eigenvalue weighted by Crippen LogP contribution is -2.49. The zero-order chi connectivity index (χ0) is 15.4. The van der Waals surface area contributed by atoms with Crippen molar-refractivity contribution in [3.8, 4) is 0 Å². The molecule has 120 valence electrons. The van der Waals surface area contributed by atoms with Crippen LogP contribution in [0.2, 0.25) is 0 Å². The van der Waals surface area contributed by atoms with Crippen molar-refractivity contribution in [2.75, 3.05) is 39.3 Å². The molecule has 1 heterocycles. The Morgan fingerprint density at radius 2 is 1.85 bits per heavy atom. The van der Waals surface area contributed by atoms with Crippen LogP contribution in [0, 0.1) is 5.92 Å². The first kappa shape index (κ1) is 17.8. The number of nitrogens with one attached hydrogen (secondary N) is 1. The van der Waals surface area contributed by atoms with E-state index in [1.807, 2.05) is 20.8 Å². The summed E-state index contributed by atoms with van der Waals surface area (Å²) in [5.41, 5.74) is 5.21. The third kappa shape index (κ3) is 6.05. The summed E-state index contributed by atoms with van der Waals surface area (Å²) >= 11 is 0. The van der Waals surface area contributed by atoms with Crippen LogP contribution in [0.15, 0.2) is 0 Å². The van der Waals surface area contributed by atoms with Crippen LogP contribution in [-0.4, -0.2) is 62.4 Å². The van der Waals surface area contributed by atoms with Gasteiger partial charge in [0.2, 0.25) is 0 Å². The highest BCUT2D eigenvalue weighted by atomic mass is 32.2. The van der Waals surface area contributed by atoms with Gasteiger partial charge in [0.1, 0.15) is 0 Å². The monoisotopic (exact) mass is 306 g/mol. The van der Waals surface area contributed by atoms with Crippen molar-refractivity contribution >= 4 is 10.2 Å². The van der Waals surface area contributed by atoms with E-state index < -0.39 is 15.7 Å². The highest BCUT2D eigenvalue weighted by Gasteiger charge is 2.28. The summed E-state index contributed by atoms with van der Waals surface area (Å²) in [6, 6.07) is 0. The summed E-state index contributed by atoms with van der Waals surface area (Å²) in [5.74, 6) is 0.450. The SMILES string of the molecule is CC(CN)CN1CCCN(S(=O)(=O)NC(C)(C)C)CC1. The standard InChI is InChI=1S/C13H30N4O2S/c1-12(10-14)11-16-6-5-7-17(9-8-16)20(18,19)15-13(2,3)4/h12,15H,5-11,14H2,1-4H3. The lowest BCUT2D eigenvalue weighted by molar-refractivity contribution is 0.250. The summed E-state index contributed by atoms with van der Waals surface area (Å²) < 4.78 is 28.9. The average molecular weight is 306 g/mol. The Morgan fingerprint density at radius 1 is 1.20 bits per heavy atom. The third-order valence-electron chi connectivity index (χ3n) is 3.29. The molecule has 6 nitrogen and oxygen atoms in total. The van der Waals surface area contributed by atoms with Gasteiger partial charge in [0.25, 0.3) is 10.2 Å². The fraction of sp³-hybridized carbons (Fsp3) is 1.00. The Morgan fingerprint density at radius 3 is 2.40 bits per heavy atom. The minimum Gasteiger partial charge on any atom is -0.330 e. The maximum atomic E-state index is 12.3. The van der Waals surface area contributed by atoms with Gasteiger partial charge in [0.05, 0.1) is 0 Å². The van der Waals surface area contributed by atoms with Crippen molar-refractivity contribution in [3.63, 3.8) is 0 Å². The first-order valence-corrected chi connectivity index (χ1v) is 8.79. The predicted molar refractivity (Wildman–Crippen MR) is 82.7 cm³/mol. The molecule has 1 aliphatic rings. The van der Waals surface area contributed by atoms with Crippen LogP contribution in [0.25, 0.3) is 0 Å². The van der Waals surface area contributed by atoms with Gasteiger partial charge in [-0.25, -0.2) is 0 Å². The molecule has 0 aromatic rings. The van der Waals surface area contributed by atoms with E-state index in [9.17, 15) is 8.42 Å². The van der Waals surface area contributed by atoms with Crippen molar-refractivity contribution in [3.05, 3.63) is 0 Å². The largest absolute Gasteiger partial charge is 0.330 e. The molecule has 0 spiro atoms. The molecule has 0 bridgehead atoms. The van der Waals surface area contributed by atoms with Crippen LogP contribution in [0.4, 0.5) is 0 Å². The van der Waals surface area contributed by atoms with Crippen LogP contribution in [-0.2, 0) is 10.2 Å². The summed E-state index contributed by atoms with van der Waals surface area (Å²) in [6.45, 7) is 12.2. The van der Waals surface area contributed by atoms with Gasteiger partial charge in [0.15, 0.2) is 0 Å². The van der Waals surface area contributed by atoms with E-state index in [4.69, 9.17) is 5.73 Å². The van der Waals surface area contributed by atoms with Gasteiger partial charge in [-0.15, -0.1) is 0 Å². The van der Waals surface area contributed by atoms with Gasteiger partial charge in [0, 0.05) is 31.7 Å². The molecule has 0 radical (unpaired) electrons. The van der Waals surface area contributed by atoms with E-state index in [1.165, 1.54) is 0 Å². The smallest absolute Gasteiger partial charge is 0.279 e. The zero-order valence-corrected chi connectivity index (χ0v) is 14.0. The zero-order valence-electron chi connectivity index (χ0n) is 13.2. The topological polar surface area (TPSA) is 78.7 Å². The van der Waals surface area contributed by atoms with Crippen LogP contribution >= 0.6 is 0 Å². The van der Waals surface area contributed by atoms with Crippen molar-refractivity contribution in [1.29, 1.82) is 0 Å². The van der Waals surface area contributed by atoms with E-state index in [-0.39, 0.29) is 0 Å². The molecule has 1 atom stereocenters. The maximum absolute atomic E-state index is 12.3. The molecular formula is C13H30N4O2S. The molecule has 0 saturated carbocycles. The van der Waals surface area contributed by atoms with Gasteiger partial charge in [-0.05, 0) is 46.2 Å². The number of nitrogens with two attached hydrogens (primary N) is 1. The lowest BCUT2D eigenvalue weighted by atomic mass is 10.1. The van der Waals surface area contributed by atoms with Gasteiger partial charge < -0.3 is 10.6 Å². The predicted octanol–water partition coefficient (Wildman–Crippen LogP) is 0.222. The Hall–Kier alpha value is -0.210. The highest BCUT2D eigenvalue weighted by Crippen LogP contribution is 2.11. The van der Waals surface area contributed by atoms with Gasteiger partial charge >= 0.3 is 0 Å². The fourth-order valence-electron chi connectivity index (χ4n) is 2.34. The molecular weight excluding hydrogens is 276 g/mol. The molecule has 0 aromatic heterocycles. The van der Waals surface area contributed by atoms with E-state index in [0.717, 1.165) is 26.1 Å². The van der Waals surface area contributed by atoms with E-state index in [1.54, 1.807) is 4.31 Å². The molecule has 1 saturated heterocycles. The van der Waals surface area contributed by atoms with E-state index >= 15 is 0 Å². The number of hydrogen-bond acceptors (Lipinski definition) is 4. The van der Waals surface area contributed by atoms with Crippen molar-refractivity contribution in [1.82, 2.24) is 13.9 Å². The second-order valence-electron chi connectivity index (χ2n) is 6.75. The fourth-order valence-corrected chi connectivity index (χ4v) is 3.93. The minimum absolute atomic E-state index is 0.446.